The maximum absolute atomic E-state index is 10.8. The van der Waals surface area contributed by atoms with Crippen LogP contribution in [0.3, 0.4) is 0 Å². The van der Waals surface area contributed by atoms with E-state index in [1.807, 2.05) is 31.6 Å². The Hall–Kier alpha value is -2.43. The first kappa shape index (κ1) is 9.77. The Labute approximate surface area is 97.3 Å². The summed E-state index contributed by atoms with van der Waals surface area (Å²) in [5.74, 6) is 0. The molecule has 0 amide bonds. The Morgan fingerprint density at radius 3 is 2.71 bits per heavy atom. The molecule has 0 bridgehead atoms. The van der Waals surface area contributed by atoms with E-state index in [0.29, 0.717) is 5.56 Å². The largest absolute Gasteiger partial charge is 0.298 e. The number of pyridine rings is 1. The van der Waals surface area contributed by atoms with E-state index in [9.17, 15) is 4.79 Å². The van der Waals surface area contributed by atoms with Gasteiger partial charge >= 0.3 is 0 Å². The molecular formula is C12H10N4O. The highest BCUT2D eigenvalue weighted by atomic mass is 16.1. The molecule has 0 saturated heterocycles. The van der Waals surface area contributed by atoms with Crippen LogP contribution in [0.5, 0.6) is 0 Å². The standard InChI is InChI=1S/C12H10N4O/c1-15-6-10(4-13-15)9-2-3-12-11(8-17)5-14-16(12)7-9/h2-8H,1H3. The van der Waals surface area contributed by atoms with Crippen molar-refractivity contribution in [2.24, 2.45) is 7.05 Å². The Morgan fingerprint density at radius 2 is 2.00 bits per heavy atom. The molecule has 3 heterocycles. The Balaban J connectivity index is 2.17. The van der Waals surface area contributed by atoms with E-state index >= 15 is 0 Å². The highest BCUT2D eigenvalue weighted by Crippen LogP contribution is 2.19. The first-order valence-corrected chi connectivity index (χ1v) is 5.19. The van der Waals surface area contributed by atoms with Crippen molar-refractivity contribution in [1.29, 1.82) is 0 Å². The number of hydrogen-bond acceptors (Lipinski definition) is 3. The minimum absolute atomic E-state index is 0.600. The number of carbonyl (C=O) groups is 1. The van der Waals surface area contributed by atoms with Gasteiger partial charge in [0.25, 0.3) is 0 Å². The summed E-state index contributed by atoms with van der Waals surface area (Å²) in [5.41, 5.74) is 3.46. The zero-order valence-corrected chi connectivity index (χ0v) is 9.24. The van der Waals surface area contributed by atoms with Crippen LogP contribution < -0.4 is 0 Å². The van der Waals surface area contributed by atoms with Gasteiger partial charge in [0, 0.05) is 30.6 Å². The van der Waals surface area contributed by atoms with Gasteiger partial charge in [-0.3, -0.25) is 9.48 Å². The number of aromatic nitrogens is 4. The maximum atomic E-state index is 10.8. The van der Waals surface area contributed by atoms with Crippen LogP contribution in [0.25, 0.3) is 16.6 Å². The van der Waals surface area contributed by atoms with E-state index in [-0.39, 0.29) is 0 Å². The summed E-state index contributed by atoms with van der Waals surface area (Å²) in [6.07, 6.45) is 8.00. The SMILES string of the molecule is Cn1cc(-c2ccc3c(C=O)cnn3c2)cn1. The average molecular weight is 226 g/mol. The molecule has 3 rings (SSSR count). The second kappa shape index (κ2) is 3.55. The average Bonchev–Trinajstić information content (AvgIpc) is 2.94. The van der Waals surface area contributed by atoms with Crippen LogP contribution in [0.4, 0.5) is 0 Å². The van der Waals surface area contributed by atoms with E-state index in [4.69, 9.17) is 0 Å². The Kier molecular flexibility index (Phi) is 2.04. The molecular weight excluding hydrogens is 216 g/mol. The molecule has 0 atom stereocenters. The molecule has 0 N–H and O–H groups in total. The summed E-state index contributed by atoms with van der Waals surface area (Å²) < 4.78 is 3.45. The van der Waals surface area contributed by atoms with Gasteiger partial charge in [-0.15, -0.1) is 0 Å². The summed E-state index contributed by atoms with van der Waals surface area (Å²) in [6, 6.07) is 3.85. The molecule has 0 aliphatic heterocycles. The Bertz CT molecular complexity index is 695. The van der Waals surface area contributed by atoms with Gasteiger partial charge in [0.1, 0.15) is 0 Å². The van der Waals surface area contributed by atoms with E-state index in [0.717, 1.165) is 22.9 Å². The molecule has 0 spiro atoms. The summed E-state index contributed by atoms with van der Waals surface area (Å²) in [7, 11) is 1.88. The van der Waals surface area contributed by atoms with Crippen molar-refractivity contribution in [2.75, 3.05) is 0 Å². The van der Waals surface area contributed by atoms with Gasteiger partial charge in [-0.2, -0.15) is 10.2 Å². The molecule has 0 fully saturated rings. The third kappa shape index (κ3) is 1.52. The van der Waals surface area contributed by atoms with Gasteiger partial charge in [-0.1, -0.05) is 6.07 Å². The first-order chi connectivity index (χ1) is 8.28. The number of aryl methyl sites for hydroxylation is 1. The highest BCUT2D eigenvalue weighted by molar-refractivity contribution is 5.86. The van der Waals surface area contributed by atoms with Gasteiger partial charge in [0.2, 0.25) is 0 Å². The summed E-state index contributed by atoms with van der Waals surface area (Å²) >= 11 is 0. The van der Waals surface area contributed by atoms with Crippen molar-refractivity contribution >= 4 is 11.8 Å². The lowest BCUT2D eigenvalue weighted by Gasteiger charge is -1.99. The van der Waals surface area contributed by atoms with Gasteiger partial charge < -0.3 is 0 Å². The first-order valence-electron chi connectivity index (χ1n) is 5.19. The van der Waals surface area contributed by atoms with Crippen molar-refractivity contribution in [3.8, 4) is 11.1 Å². The van der Waals surface area contributed by atoms with Crippen molar-refractivity contribution in [1.82, 2.24) is 19.4 Å². The zero-order valence-electron chi connectivity index (χ0n) is 9.24. The minimum atomic E-state index is 0.600. The number of nitrogens with zero attached hydrogens (tertiary/aromatic N) is 4. The predicted molar refractivity (Wildman–Crippen MR) is 62.8 cm³/mol. The molecule has 5 nitrogen and oxygen atoms in total. The zero-order chi connectivity index (χ0) is 11.8. The van der Waals surface area contributed by atoms with Crippen molar-refractivity contribution in [3.05, 3.63) is 42.5 Å². The van der Waals surface area contributed by atoms with Crippen molar-refractivity contribution in [2.45, 2.75) is 0 Å². The third-order valence-corrected chi connectivity index (χ3v) is 2.71. The quantitative estimate of drug-likeness (QED) is 0.623. The van der Waals surface area contributed by atoms with E-state index in [1.54, 1.807) is 21.6 Å². The van der Waals surface area contributed by atoms with Gasteiger partial charge in [-0.25, -0.2) is 4.52 Å². The van der Waals surface area contributed by atoms with E-state index < -0.39 is 0 Å². The fourth-order valence-corrected chi connectivity index (χ4v) is 1.84. The normalized spacial score (nSPS) is 10.9. The lowest BCUT2D eigenvalue weighted by molar-refractivity contribution is 0.112. The van der Waals surface area contributed by atoms with Gasteiger partial charge in [0.15, 0.2) is 6.29 Å². The van der Waals surface area contributed by atoms with Crippen LogP contribution in [0, 0.1) is 0 Å². The number of carbonyl (C=O) groups excluding carboxylic acids is 1. The van der Waals surface area contributed by atoms with Gasteiger partial charge in [0.05, 0.1) is 23.5 Å². The smallest absolute Gasteiger partial charge is 0.153 e. The topological polar surface area (TPSA) is 52.2 Å². The second-order valence-corrected chi connectivity index (χ2v) is 3.87. The van der Waals surface area contributed by atoms with Crippen LogP contribution in [0.2, 0.25) is 0 Å². The highest BCUT2D eigenvalue weighted by Gasteiger charge is 2.05. The summed E-state index contributed by atoms with van der Waals surface area (Å²) in [5, 5.41) is 8.27. The molecule has 0 aliphatic carbocycles. The van der Waals surface area contributed by atoms with Crippen LogP contribution in [0.1, 0.15) is 10.4 Å². The minimum Gasteiger partial charge on any atom is -0.298 e. The van der Waals surface area contributed by atoms with E-state index in [2.05, 4.69) is 10.2 Å². The molecule has 0 saturated carbocycles. The number of fused-ring (bicyclic) bond motifs is 1. The predicted octanol–water partition coefficient (Wildman–Crippen LogP) is 1.55. The lowest BCUT2D eigenvalue weighted by Crippen LogP contribution is -1.88. The van der Waals surface area contributed by atoms with E-state index in [1.165, 1.54) is 0 Å². The Morgan fingerprint density at radius 1 is 1.12 bits per heavy atom. The molecule has 0 radical (unpaired) electrons. The van der Waals surface area contributed by atoms with Crippen LogP contribution in [-0.2, 0) is 7.05 Å². The van der Waals surface area contributed by atoms with Gasteiger partial charge in [-0.05, 0) is 6.07 Å². The fraction of sp³-hybridized carbons (Fsp3) is 0.0833. The molecule has 0 aromatic carbocycles. The van der Waals surface area contributed by atoms with Crippen LogP contribution in [-0.4, -0.2) is 25.7 Å². The third-order valence-electron chi connectivity index (χ3n) is 2.71. The van der Waals surface area contributed by atoms with Crippen LogP contribution >= 0.6 is 0 Å². The fourth-order valence-electron chi connectivity index (χ4n) is 1.84. The molecule has 3 aromatic rings. The maximum Gasteiger partial charge on any atom is 0.153 e. The molecule has 84 valence electrons. The van der Waals surface area contributed by atoms with Crippen LogP contribution in [0.15, 0.2) is 36.9 Å². The molecule has 0 unspecified atom stereocenters. The number of hydrogen-bond donors (Lipinski definition) is 0. The van der Waals surface area contributed by atoms with Crippen molar-refractivity contribution in [3.63, 3.8) is 0 Å². The summed E-state index contributed by atoms with van der Waals surface area (Å²) in [6.45, 7) is 0. The number of rotatable bonds is 2. The molecule has 3 aromatic heterocycles. The summed E-state index contributed by atoms with van der Waals surface area (Å²) in [4.78, 5) is 10.8. The molecule has 5 heteroatoms. The second-order valence-electron chi connectivity index (χ2n) is 3.87. The molecule has 0 aliphatic rings. The van der Waals surface area contributed by atoms with Crippen molar-refractivity contribution < 1.29 is 4.79 Å². The monoisotopic (exact) mass is 226 g/mol. The lowest BCUT2D eigenvalue weighted by atomic mass is 10.1. The molecule has 17 heavy (non-hydrogen) atoms. The number of aldehydes is 1.